The number of anilines is 2. The molecule has 0 aliphatic carbocycles. The van der Waals surface area contributed by atoms with Crippen LogP contribution in [0.2, 0.25) is 0 Å². The molecular weight excluding hydrogens is 524 g/mol. The molecule has 5 aromatic rings. The second kappa shape index (κ2) is 12.1. The topological polar surface area (TPSA) is 139 Å². The predicted molar refractivity (Wildman–Crippen MR) is 160 cm³/mol. The van der Waals surface area contributed by atoms with Crippen molar-refractivity contribution in [2.75, 3.05) is 18.0 Å². The molecule has 0 saturated carbocycles. The van der Waals surface area contributed by atoms with Crippen molar-refractivity contribution < 1.29 is 22.9 Å². The number of fused-ring (bicyclic) bond motifs is 3. The minimum atomic E-state index is -3.59. The molecule has 6 N–H and O–H groups in total. The Morgan fingerprint density at radius 2 is 1.48 bits per heavy atom. The number of sulfonamides is 1. The van der Waals surface area contributed by atoms with Gasteiger partial charge in [0.05, 0.1) is 22.1 Å². The van der Waals surface area contributed by atoms with Crippen molar-refractivity contribution in [1.82, 2.24) is 4.72 Å². The molecule has 5 rings (SSSR count). The van der Waals surface area contributed by atoms with Crippen molar-refractivity contribution in [2.45, 2.75) is 31.7 Å². The molecule has 9 heteroatoms. The molecule has 0 spiro atoms. The Balaban J connectivity index is 0.000000202. The average Bonchev–Trinajstić information content (AvgIpc) is 2.93. The number of nitrogens with one attached hydrogen (secondary N) is 1. The van der Waals surface area contributed by atoms with Gasteiger partial charge in [-0.25, -0.2) is 13.1 Å². The fourth-order valence-electron chi connectivity index (χ4n) is 4.59. The van der Waals surface area contributed by atoms with E-state index in [1.165, 1.54) is 39.5 Å². The van der Waals surface area contributed by atoms with Crippen molar-refractivity contribution in [3.05, 3.63) is 96.6 Å². The van der Waals surface area contributed by atoms with Gasteiger partial charge < -0.3 is 16.6 Å². The lowest BCUT2D eigenvalue weighted by atomic mass is 9.98. The van der Waals surface area contributed by atoms with Gasteiger partial charge >= 0.3 is 5.97 Å². The zero-order valence-electron chi connectivity index (χ0n) is 22.5. The number of nitrogens with two attached hydrogens (primary N) is 2. The number of rotatable bonds is 7. The number of carbonyl (C=O) groups is 1. The minimum absolute atomic E-state index is 0.106. The average molecular weight is 558 g/mol. The molecule has 0 unspecified atom stereocenters. The van der Waals surface area contributed by atoms with Crippen LogP contribution in [0.1, 0.15) is 18.9 Å². The summed E-state index contributed by atoms with van der Waals surface area (Å²) < 4.78 is 27.8. The number of nitrogen functional groups attached to an aromatic ring is 2. The third-order valence-corrected chi connectivity index (χ3v) is 7.97. The summed E-state index contributed by atoms with van der Waals surface area (Å²) in [6.07, 6.45) is -0.231. The summed E-state index contributed by atoms with van der Waals surface area (Å²) in [4.78, 5) is 10.4. The van der Waals surface area contributed by atoms with Crippen molar-refractivity contribution in [1.29, 1.82) is 0 Å². The highest BCUT2D eigenvalue weighted by Crippen LogP contribution is 2.33. The maximum atomic E-state index is 11.6. The Morgan fingerprint density at radius 1 is 0.850 bits per heavy atom. The Hall–Kier alpha value is -4.47. The Labute approximate surface area is 233 Å². The highest BCUT2D eigenvalue weighted by atomic mass is 32.2. The molecule has 0 aliphatic heterocycles. The fourth-order valence-corrected chi connectivity index (χ4v) is 5.62. The monoisotopic (exact) mass is 557 g/mol. The van der Waals surface area contributed by atoms with Crippen LogP contribution in [0, 0.1) is 6.92 Å². The summed E-state index contributed by atoms with van der Waals surface area (Å²) in [5, 5.41) is 11.9. The van der Waals surface area contributed by atoms with Gasteiger partial charge in [0.2, 0.25) is 21.2 Å². The van der Waals surface area contributed by atoms with Crippen LogP contribution < -0.4 is 20.8 Å². The summed E-state index contributed by atoms with van der Waals surface area (Å²) >= 11 is 0. The number of aliphatic carboxylic acids is 1. The number of aromatic nitrogens is 1. The number of hydrogen-bond donors (Lipinski definition) is 4. The van der Waals surface area contributed by atoms with E-state index in [4.69, 9.17) is 16.6 Å². The molecule has 0 aliphatic rings. The summed E-state index contributed by atoms with van der Waals surface area (Å²) in [6.45, 7) is 4.77. The zero-order valence-corrected chi connectivity index (χ0v) is 23.3. The summed E-state index contributed by atoms with van der Waals surface area (Å²) in [7, 11) is -3.59. The van der Waals surface area contributed by atoms with Crippen LogP contribution >= 0.6 is 0 Å². The van der Waals surface area contributed by atoms with E-state index < -0.39 is 16.0 Å². The van der Waals surface area contributed by atoms with E-state index in [0.717, 1.165) is 29.0 Å². The fraction of sp³-hybridized carbons (Fsp3) is 0.161. The van der Waals surface area contributed by atoms with E-state index >= 15 is 0 Å². The van der Waals surface area contributed by atoms with Gasteiger partial charge in [0.15, 0.2) is 0 Å². The largest absolute Gasteiger partial charge is 0.481 e. The third-order valence-electron chi connectivity index (χ3n) is 6.50. The second-order valence-electron chi connectivity index (χ2n) is 9.40. The van der Waals surface area contributed by atoms with Crippen molar-refractivity contribution >= 4 is 49.0 Å². The van der Waals surface area contributed by atoms with Crippen LogP contribution in [-0.2, 0) is 21.4 Å². The molecule has 0 amide bonds. The summed E-state index contributed by atoms with van der Waals surface area (Å²) in [5.41, 5.74) is 18.2. The second-order valence-corrected chi connectivity index (χ2v) is 11.2. The summed E-state index contributed by atoms with van der Waals surface area (Å²) in [5.74, 6) is -1.04. The van der Waals surface area contributed by atoms with Gasteiger partial charge in [-0.3, -0.25) is 4.79 Å². The standard InChI is InChI=1S/C21H19N3.C10H13NO4S/c1-2-24-20-13-16(23)9-11-18(20)17-10-8-15(22)12-19(17)21(24)14-6-4-3-5-7-14;1-8-2-4-9(5-3-8)16(14,15)11-7-6-10(12)13/h3-13,23H,2,22H2,1H3;2-5,11H,6-7H2,1H3,(H,12,13)/p+1. The molecule has 1 aromatic heterocycles. The molecule has 0 saturated heterocycles. The van der Waals surface area contributed by atoms with Crippen LogP contribution in [0.25, 0.3) is 32.9 Å². The van der Waals surface area contributed by atoms with Crippen LogP contribution in [-0.4, -0.2) is 26.0 Å². The Morgan fingerprint density at radius 3 is 2.10 bits per heavy atom. The minimum Gasteiger partial charge on any atom is -0.481 e. The van der Waals surface area contributed by atoms with Crippen LogP contribution in [0.15, 0.2) is 95.9 Å². The van der Waals surface area contributed by atoms with Crippen LogP contribution in [0.5, 0.6) is 0 Å². The van der Waals surface area contributed by atoms with Crippen LogP contribution in [0.4, 0.5) is 11.4 Å². The molecule has 206 valence electrons. The molecular formula is C31H33N4O4S+. The quantitative estimate of drug-likeness (QED) is 0.128. The van der Waals surface area contributed by atoms with Crippen molar-refractivity contribution in [3.8, 4) is 11.3 Å². The number of pyridine rings is 1. The summed E-state index contributed by atoms with van der Waals surface area (Å²) in [6, 6.07) is 29.0. The van der Waals surface area contributed by atoms with Gasteiger partial charge in [0.1, 0.15) is 6.54 Å². The first-order chi connectivity index (χ1) is 19.1. The van der Waals surface area contributed by atoms with Gasteiger partial charge in [0.25, 0.3) is 0 Å². The van der Waals surface area contributed by atoms with E-state index in [-0.39, 0.29) is 17.9 Å². The molecule has 4 aromatic carbocycles. The maximum absolute atomic E-state index is 11.6. The van der Waals surface area contributed by atoms with Gasteiger partial charge in [-0.1, -0.05) is 42.0 Å². The van der Waals surface area contributed by atoms with E-state index in [1.54, 1.807) is 12.1 Å². The van der Waals surface area contributed by atoms with Gasteiger partial charge in [-0.2, -0.15) is 4.57 Å². The Kier molecular flexibility index (Phi) is 8.67. The van der Waals surface area contributed by atoms with E-state index in [9.17, 15) is 13.2 Å². The number of carboxylic acid groups (broad SMARTS) is 1. The highest BCUT2D eigenvalue weighted by Gasteiger charge is 2.22. The van der Waals surface area contributed by atoms with Gasteiger partial charge in [0, 0.05) is 34.9 Å². The molecule has 0 bridgehead atoms. The van der Waals surface area contributed by atoms with E-state index in [0.29, 0.717) is 0 Å². The number of aryl methyl sites for hydroxylation is 2. The smallest absolute Gasteiger partial charge is 0.304 e. The lowest BCUT2D eigenvalue weighted by Gasteiger charge is -2.12. The molecule has 0 radical (unpaired) electrons. The SMILES string of the molecule is CC[n+]1c(-c2ccccc2)c2cc(N)ccc2c2ccc(N)cc21.Cc1ccc(S(=O)(=O)NCCC(=O)O)cc1. The normalized spacial score (nSPS) is 11.2. The molecule has 40 heavy (non-hydrogen) atoms. The van der Waals surface area contributed by atoms with Crippen LogP contribution in [0.3, 0.4) is 0 Å². The molecule has 8 nitrogen and oxygen atoms in total. The number of hydrogen-bond acceptors (Lipinski definition) is 5. The molecule has 0 fully saturated rings. The first-order valence-corrected chi connectivity index (χ1v) is 14.4. The third kappa shape index (κ3) is 6.39. The van der Waals surface area contributed by atoms with E-state index in [2.05, 4.69) is 64.7 Å². The first-order valence-electron chi connectivity index (χ1n) is 12.9. The lowest BCUT2D eigenvalue weighted by molar-refractivity contribution is -0.655. The maximum Gasteiger partial charge on any atom is 0.304 e. The lowest BCUT2D eigenvalue weighted by Crippen LogP contribution is -2.36. The van der Waals surface area contributed by atoms with E-state index in [1.807, 2.05) is 25.1 Å². The zero-order chi connectivity index (χ0) is 28.9. The number of carboxylic acids is 1. The molecule has 0 atom stereocenters. The molecule has 1 heterocycles. The van der Waals surface area contributed by atoms with Crippen molar-refractivity contribution in [2.24, 2.45) is 0 Å². The first kappa shape index (κ1) is 28.5. The predicted octanol–water partition coefficient (Wildman–Crippen LogP) is 4.88. The highest BCUT2D eigenvalue weighted by molar-refractivity contribution is 7.89. The van der Waals surface area contributed by atoms with Gasteiger partial charge in [-0.15, -0.1) is 0 Å². The number of nitrogens with zero attached hydrogens (tertiary/aromatic N) is 1. The van der Waals surface area contributed by atoms with Gasteiger partial charge in [-0.05, 0) is 62.4 Å². The number of benzene rings is 4. The van der Waals surface area contributed by atoms with Crippen molar-refractivity contribution in [3.63, 3.8) is 0 Å². The Bertz CT molecular complexity index is 1770.